The van der Waals surface area contributed by atoms with Crippen LogP contribution in [-0.2, 0) is 25.2 Å². The van der Waals surface area contributed by atoms with Crippen molar-refractivity contribution in [2.24, 2.45) is 15.4 Å². The number of hydrogen-bond acceptors (Lipinski definition) is 5. The van der Waals surface area contributed by atoms with Crippen molar-refractivity contribution in [1.82, 2.24) is 0 Å². The van der Waals surface area contributed by atoms with Crippen LogP contribution < -0.4 is 10.0 Å². The molecule has 0 aromatic heterocycles. The number of rotatable bonds is 5. The maximum absolute atomic E-state index is 8.89. The minimum Gasteiger partial charge on any atom is -0.550 e. The Balaban J connectivity index is 0.000000945. The van der Waals surface area contributed by atoms with Gasteiger partial charge in [-0.25, -0.2) is 0 Å². The van der Waals surface area contributed by atoms with Gasteiger partial charge >= 0.3 is 20.4 Å². The first-order valence-corrected chi connectivity index (χ1v) is 11.3. The van der Waals surface area contributed by atoms with Crippen LogP contribution in [0.1, 0.15) is 41.5 Å². The summed E-state index contributed by atoms with van der Waals surface area (Å²) in [5.41, 5.74) is 1.85. The van der Waals surface area contributed by atoms with Gasteiger partial charge in [0.2, 0.25) is 0 Å². The first kappa shape index (κ1) is 28.1. The number of para-hydroxylation sites is 1. The van der Waals surface area contributed by atoms with Crippen molar-refractivity contribution in [3.05, 3.63) is 60.7 Å². The van der Waals surface area contributed by atoms with E-state index in [9.17, 15) is 0 Å². The number of thioether (sulfide) groups is 1. The summed E-state index contributed by atoms with van der Waals surface area (Å²) in [6, 6.07) is 21.3. The Bertz CT molecular complexity index is 919. The number of anilines is 1. The van der Waals surface area contributed by atoms with Gasteiger partial charge in [0, 0.05) is 22.2 Å². The van der Waals surface area contributed by atoms with E-state index in [1.165, 1.54) is 0 Å². The predicted molar refractivity (Wildman–Crippen MR) is 130 cm³/mol. The molecule has 0 bridgehead atoms. The summed E-state index contributed by atoms with van der Waals surface area (Å²) in [7, 11) is 0. The Labute approximate surface area is 210 Å². The van der Waals surface area contributed by atoms with Crippen molar-refractivity contribution in [1.29, 1.82) is 0 Å². The fraction of sp³-hybridized carbons (Fsp3) is 0.400. The van der Waals surface area contributed by atoms with Crippen LogP contribution in [0.4, 0.5) is 11.4 Å². The predicted octanol–water partition coefficient (Wildman–Crippen LogP) is 4.75. The molecule has 0 saturated carbocycles. The minimum absolute atomic E-state index is 0. The van der Waals surface area contributed by atoms with E-state index in [1.54, 1.807) is 0 Å². The molecule has 1 saturated heterocycles. The number of carboxylic acids is 1. The largest absolute Gasteiger partial charge is 2.00 e. The van der Waals surface area contributed by atoms with Crippen LogP contribution in [0, 0.1) is 11.5 Å². The molecule has 0 radical (unpaired) electrons. The minimum atomic E-state index is -1.08. The van der Waals surface area contributed by atoms with Crippen LogP contribution >= 0.6 is 11.8 Å². The van der Waals surface area contributed by atoms with E-state index in [2.05, 4.69) is 69.9 Å². The summed E-state index contributed by atoms with van der Waals surface area (Å²) in [5, 5.41) is 8.89. The summed E-state index contributed by atoms with van der Waals surface area (Å²) in [6.07, 6.45) is 0. The average Bonchev–Trinajstić information content (AvgIpc) is 2.69. The second-order valence-corrected chi connectivity index (χ2v) is 10.6. The topological polar surface area (TPSA) is 68.1 Å². The average molecular weight is 544 g/mol. The monoisotopic (exact) mass is 543 g/mol. The number of carbonyl (C=O) groups is 1. The van der Waals surface area contributed by atoms with Gasteiger partial charge in [0.25, 0.3) is 0 Å². The molecule has 0 spiro atoms. The molecule has 1 aliphatic rings. The summed E-state index contributed by atoms with van der Waals surface area (Å²) in [6.45, 7) is 12.9. The van der Waals surface area contributed by atoms with Gasteiger partial charge < -0.3 is 14.9 Å². The molecule has 0 atom stereocenters. The molecule has 1 heterocycles. The van der Waals surface area contributed by atoms with Gasteiger partial charge in [-0.15, -0.1) is 6.07 Å². The second-order valence-electron chi connectivity index (χ2n) is 8.65. The molecule has 32 heavy (non-hydrogen) atoms. The first-order valence-electron chi connectivity index (χ1n) is 10.3. The maximum atomic E-state index is 8.89. The third-order valence-corrected chi connectivity index (χ3v) is 5.62. The molecule has 7 heteroatoms. The van der Waals surface area contributed by atoms with Crippen LogP contribution in [0.3, 0.4) is 0 Å². The summed E-state index contributed by atoms with van der Waals surface area (Å²) >= 11 is 1.95. The molecular formula is C25H31N3O2PdS. The summed E-state index contributed by atoms with van der Waals surface area (Å²) in [5.74, 6) is 2.05. The quantitative estimate of drug-likeness (QED) is 0.310. The van der Waals surface area contributed by atoms with Crippen LogP contribution in [0.25, 0.3) is 0 Å². The molecule has 0 N–H and O–H groups in total. The van der Waals surface area contributed by atoms with Gasteiger partial charge in [-0.05, 0) is 38.6 Å². The second kappa shape index (κ2) is 12.3. The molecule has 3 rings (SSSR count). The fourth-order valence-electron chi connectivity index (χ4n) is 3.07. The number of carboxylic acid groups (broad SMARTS) is 1. The maximum Gasteiger partial charge on any atom is 2.00 e. The number of nitrogens with zero attached hydrogens (tertiary/aromatic N) is 3. The van der Waals surface area contributed by atoms with Crippen molar-refractivity contribution in [3.63, 3.8) is 0 Å². The Morgan fingerprint density at radius 3 is 2.28 bits per heavy atom. The molecule has 0 amide bonds. The molecule has 2 aromatic rings. The van der Waals surface area contributed by atoms with Crippen LogP contribution in [0.15, 0.2) is 64.6 Å². The van der Waals surface area contributed by atoms with Crippen LogP contribution in [-0.4, -0.2) is 34.7 Å². The van der Waals surface area contributed by atoms with E-state index in [1.807, 2.05) is 42.1 Å². The van der Waals surface area contributed by atoms with Gasteiger partial charge in [0.15, 0.2) is 0 Å². The molecule has 5 nitrogen and oxygen atoms in total. The number of hydrogen-bond donors (Lipinski definition) is 0. The van der Waals surface area contributed by atoms with E-state index < -0.39 is 5.97 Å². The Morgan fingerprint density at radius 2 is 1.75 bits per heavy atom. The van der Waals surface area contributed by atoms with Crippen LogP contribution in [0.2, 0.25) is 0 Å². The molecular weight excluding hydrogens is 513 g/mol. The van der Waals surface area contributed by atoms with Gasteiger partial charge in [-0.1, -0.05) is 39.0 Å². The third-order valence-electron chi connectivity index (χ3n) is 4.37. The van der Waals surface area contributed by atoms with Gasteiger partial charge in [0.05, 0.1) is 12.0 Å². The van der Waals surface area contributed by atoms with E-state index in [4.69, 9.17) is 19.9 Å². The molecule has 2 aromatic carbocycles. The van der Waals surface area contributed by atoms with Crippen molar-refractivity contribution in [3.8, 4) is 0 Å². The fourth-order valence-corrected chi connectivity index (χ4v) is 3.86. The number of aliphatic imine (C=N–C) groups is 2. The Hall–Kier alpha value is -1.94. The number of carbonyl (C=O) groups excluding carboxylic acids is 1. The zero-order valence-electron chi connectivity index (χ0n) is 19.5. The standard InChI is InChI=1S/C23H28N3S.C2H4O2.Pd/c1-22(2,3)27-17-16-24-20-23(4,5)21(25-18-12-8-6-9-13-18)26(20)19-14-10-7-11-15-19;1-2(3)4;/h6-8,10-15H,16-17H2,1-5H3;1H3,(H,3,4);/q-1;;+2/p-1. The molecule has 1 fully saturated rings. The van der Waals surface area contributed by atoms with Crippen molar-refractivity contribution < 1.29 is 30.3 Å². The summed E-state index contributed by atoms with van der Waals surface area (Å²) < 4.78 is 0.269. The van der Waals surface area contributed by atoms with Gasteiger partial charge in [0.1, 0.15) is 11.7 Å². The normalized spacial score (nSPS) is 17.1. The molecule has 0 unspecified atom stereocenters. The van der Waals surface area contributed by atoms with E-state index in [0.29, 0.717) is 0 Å². The first-order chi connectivity index (χ1) is 14.5. The molecule has 0 aliphatic carbocycles. The zero-order chi connectivity index (χ0) is 23.1. The molecule has 1 aliphatic heterocycles. The Kier molecular flexibility index (Phi) is 10.8. The summed E-state index contributed by atoms with van der Waals surface area (Å²) in [4.78, 5) is 21.0. The number of amidine groups is 2. The smallest absolute Gasteiger partial charge is 0.550 e. The van der Waals surface area contributed by atoms with Gasteiger partial charge in [-0.2, -0.15) is 36.0 Å². The third kappa shape index (κ3) is 8.20. The number of benzene rings is 2. The zero-order valence-corrected chi connectivity index (χ0v) is 21.9. The number of aliphatic carboxylic acids is 1. The van der Waals surface area contributed by atoms with Crippen LogP contribution in [0.5, 0.6) is 0 Å². The van der Waals surface area contributed by atoms with E-state index >= 15 is 0 Å². The Morgan fingerprint density at radius 1 is 1.12 bits per heavy atom. The molecule has 174 valence electrons. The van der Waals surface area contributed by atoms with E-state index in [-0.39, 0.29) is 30.6 Å². The van der Waals surface area contributed by atoms with E-state index in [0.717, 1.165) is 42.3 Å². The van der Waals surface area contributed by atoms with Crippen molar-refractivity contribution >= 4 is 40.8 Å². The van der Waals surface area contributed by atoms with Crippen molar-refractivity contribution in [2.45, 2.75) is 46.3 Å². The van der Waals surface area contributed by atoms with Gasteiger partial charge in [-0.3, -0.25) is 9.89 Å². The van der Waals surface area contributed by atoms with Crippen molar-refractivity contribution in [2.75, 3.05) is 17.2 Å². The SMILES string of the molecule is CC(=O)[O-].CC(C)(C)SCCN=C1N(c2ccccc2)C(=Nc2c[c-]ccc2)C1(C)C.[Pd+2].